The van der Waals surface area contributed by atoms with Gasteiger partial charge in [0.25, 0.3) is 0 Å². The van der Waals surface area contributed by atoms with Crippen LogP contribution in [0.5, 0.6) is 11.5 Å². The van der Waals surface area contributed by atoms with E-state index in [2.05, 4.69) is 0 Å². The Morgan fingerprint density at radius 2 is 2.00 bits per heavy atom. The summed E-state index contributed by atoms with van der Waals surface area (Å²) in [5.41, 5.74) is -0.0374. The molecule has 0 fully saturated rings. The third-order valence-corrected chi connectivity index (χ3v) is 5.83. The zero-order chi connectivity index (χ0) is 23.6. The van der Waals surface area contributed by atoms with Crippen molar-refractivity contribution < 1.29 is 38.4 Å². The van der Waals surface area contributed by atoms with Crippen molar-refractivity contribution in [2.24, 2.45) is 0 Å². The highest BCUT2D eigenvalue weighted by atomic mass is 16.6. The number of esters is 2. The monoisotopic (exact) mass is 444 g/mol. The smallest absolute Gasteiger partial charge is 0.342 e. The summed E-state index contributed by atoms with van der Waals surface area (Å²) in [7, 11) is 1.45. The van der Waals surface area contributed by atoms with Gasteiger partial charge in [-0.15, -0.1) is 0 Å². The average Bonchev–Trinajstić information content (AvgIpc) is 2.71. The van der Waals surface area contributed by atoms with Gasteiger partial charge in [0, 0.05) is 25.0 Å². The highest BCUT2D eigenvalue weighted by molar-refractivity contribution is 6.05. The Labute approximate surface area is 186 Å². The molecule has 3 rings (SSSR count). The third kappa shape index (κ3) is 4.41. The minimum absolute atomic E-state index is 0.0398. The van der Waals surface area contributed by atoms with Crippen LogP contribution in [0.15, 0.2) is 35.4 Å². The van der Waals surface area contributed by atoms with Crippen molar-refractivity contribution in [3.05, 3.63) is 46.6 Å². The van der Waals surface area contributed by atoms with E-state index >= 15 is 0 Å². The molecule has 1 heterocycles. The lowest BCUT2D eigenvalue weighted by Gasteiger charge is -2.42. The van der Waals surface area contributed by atoms with E-state index in [1.807, 2.05) is 19.1 Å². The molecule has 3 atom stereocenters. The maximum Gasteiger partial charge on any atom is 0.342 e. The summed E-state index contributed by atoms with van der Waals surface area (Å²) in [6.45, 7) is 6.25. The van der Waals surface area contributed by atoms with E-state index in [-0.39, 0.29) is 30.4 Å². The van der Waals surface area contributed by atoms with Gasteiger partial charge in [0.05, 0.1) is 19.8 Å². The van der Waals surface area contributed by atoms with E-state index in [1.165, 1.54) is 27.0 Å². The molecule has 0 saturated heterocycles. The van der Waals surface area contributed by atoms with Crippen LogP contribution in [0.25, 0.3) is 0 Å². The predicted molar refractivity (Wildman–Crippen MR) is 115 cm³/mol. The summed E-state index contributed by atoms with van der Waals surface area (Å²) in [5, 5.41) is 10.3. The van der Waals surface area contributed by atoms with Crippen molar-refractivity contribution >= 4 is 17.7 Å². The number of carbonyl (C=O) groups excluding carboxylic acids is 3. The fraction of sp³-hybridized carbons (Fsp3) is 0.458. The van der Waals surface area contributed by atoms with Gasteiger partial charge in [-0.05, 0) is 38.8 Å². The number of phenols is 1. The van der Waals surface area contributed by atoms with Gasteiger partial charge in [0.2, 0.25) is 11.4 Å². The van der Waals surface area contributed by atoms with Gasteiger partial charge < -0.3 is 24.1 Å². The van der Waals surface area contributed by atoms with Gasteiger partial charge in [-0.3, -0.25) is 9.59 Å². The molecule has 0 saturated carbocycles. The average molecular weight is 444 g/mol. The van der Waals surface area contributed by atoms with Crippen LogP contribution in [0.2, 0.25) is 0 Å². The first-order valence-electron chi connectivity index (χ1n) is 10.4. The van der Waals surface area contributed by atoms with Crippen LogP contribution in [0.4, 0.5) is 0 Å². The zero-order valence-electron chi connectivity index (χ0n) is 18.9. The first kappa shape index (κ1) is 23.5. The second-order valence-electron chi connectivity index (χ2n) is 8.13. The van der Waals surface area contributed by atoms with Gasteiger partial charge in [-0.1, -0.05) is 17.7 Å². The maximum absolute atomic E-state index is 13.3. The number of hydrogen-bond donors (Lipinski definition) is 1. The number of rotatable bonds is 5. The number of hydrogen-bond acceptors (Lipinski definition) is 8. The number of Topliss-reactive ketones (excluding diaryl/α,β-unsaturated/α-hetero) is 1. The van der Waals surface area contributed by atoms with Crippen molar-refractivity contribution in [3.8, 4) is 11.5 Å². The van der Waals surface area contributed by atoms with Crippen molar-refractivity contribution in [1.82, 2.24) is 0 Å². The molecule has 1 aromatic carbocycles. The molecule has 1 aromatic rings. The summed E-state index contributed by atoms with van der Waals surface area (Å²) in [6.07, 6.45) is 3.21. The van der Waals surface area contributed by atoms with Gasteiger partial charge in [0.15, 0.2) is 6.10 Å². The molecule has 0 aromatic heterocycles. The first-order valence-corrected chi connectivity index (χ1v) is 10.4. The molecule has 0 amide bonds. The number of aromatic hydroxyl groups is 1. The normalized spacial score (nSPS) is 25.5. The summed E-state index contributed by atoms with van der Waals surface area (Å²) in [4.78, 5) is 38.2. The number of benzene rings is 1. The van der Waals surface area contributed by atoms with E-state index in [1.54, 1.807) is 13.0 Å². The van der Waals surface area contributed by atoms with Crippen molar-refractivity contribution in [3.63, 3.8) is 0 Å². The van der Waals surface area contributed by atoms with E-state index in [0.29, 0.717) is 23.3 Å². The second-order valence-corrected chi connectivity index (χ2v) is 8.13. The Morgan fingerprint density at radius 1 is 1.28 bits per heavy atom. The number of ketones is 1. The van der Waals surface area contributed by atoms with Crippen molar-refractivity contribution in [1.29, 1.82) is 0 Å². The molecule has 1 aliphatic carbocycles. The SMILES string of the molecule is CC=CC1CC2=C(CO1)C(=O)C(C)(OC(C)=O)C(OC(=O)c1c(C)cc(OC)cc1O)C2. The molecule has 0 spiro atoms. The molecular formula is C24H28O8. The van der Waals surface area contributed by atoms with E-state index in [0.717, 1.165) is 5.57 Å². The molecule has 172 valence electrons. The molecular weight excluding hydrogens is 416 g/mol. The number of aryl methyl sites for hydroxylation is 1. The Bertz CT molecular complexity index is 982. The summed E-state index contributed by atoms with van der Waals surface area (Å²) in [6, 6.07) is 2.90. The van der Waals surface area contributed by atoms with Crippen LogP contribution >= 0.6 is 0 Å². The van der Waals surface area contributed by atoms with Crippen LogP contribution in [0, 0.1) is 6.92 Å². The third-order valence-electron chi connectivity index (χ3n) is 5.83. The minimum Gasteiger partial charge on any atom is -0.507 e. The van der Waals surface area contributed by atoms with Crippen LogP contribution in [-0.2, 0) is 23.8 Å². The lowest BCUT2D eigenvalue weighted by atomic mass is 9.75. The van der Waals surface area contributed by atoms with Crippen LogP contribution in [0.3, 0.4) is 0 Å². The highest BCUT2D eigenvalue weighted by Crippen LogP contribution is 2.40. The largest absolute Gasteiger partial charge is 0.507 e. The van der Waals surface area contributed by atoms with Gasteiger partial charge >= 0.3 is 11.9 Å². The van der Waals surface area contributed by atoms with Crippen LogP contribution in [0.1, 0.15) is 49.5 Å². The Balaban J connectivity index is 1.96. The molecule has 3 unspecified atom stereocenters. The second kappa shape index (κ2) is 9.16. The summed E-state index contributed by atoms with van der Waals surface area (Å²) < 4.78 is 22.0. The maximum atomic E-state index is 13.3. The molecule has 0 bridgehead atoms. The molecule has 1 aliphatic heterocycles. The fourth-order valence-corrected chi connectivity index (χ4v) is 4.23. The Hall–Kier alpha value is -3.13. The Morgan fingerprint density at radius 3 is 2.59 bits per heavy atom. The fourth-order valence-electron chi connectivity index (χ4n) is 4.23. The highest BCUT2D eigenvalue weighted by Gasteiger charge is 2.53. The first-order chi connectivity index (χ1) is 15.1. The molecule has 8 heteroatoms. The number of carbonyl (C=O) groups is 3. The number of phenolic OH excluding ortho intramolecular Hbond substituents is 1. The van der Waals surface area contributed by atoms with Crippen LogP contribution < -0.4 is 4.74 Å². The van der Waals surface area contributed by atoms with Gasteiger partial charge in [-0.25, -0.2) is 4.79 Å². The lowest BCUT2D eigenvalue weighted by Crippen LogP contribution is -2.56. The van der Waals surface area contributed by atoms with Crippen LogP contribution in [-0.4, -0.2) is 54.4 Å². The topological polar surface area (TPSA) is 108 Å². The zero-order valence-corrected chi connectivity index (χ0v) is 18.9. The standard InChI is InChI=1S/C24H28O8/c1-6-7-16-9-15-10-20(24(4,32-14(3)25)22(27)18(15)12-30-16)31-23(28)21-13(2)8-17(29-5)11-19(21)26/h6-8,11,16,20,26H,9-10,12H2,1-5H3. The quantitative estimate of drug-likeness (QED) is 0.545. The molecule has 2 aliphatic rings. The van der Waals surface area contributed by atoms with E-state index in [4.69, 9.17) is 18.9 Å². The van der Waals surface area contributed by atoms with E-state index < -0.39 is 29.4 Å². The molecule has 8 nitrogen and oxygen atoms in total. The predicted octanol–water partition coefficient (Wildman–Crippen LogP) is 3.19. The van der Waals surface area contributed by atoms with Gasteiger partial charge in [-0.2, -0.15) is 0 Å². The molecule has 32 heavy (non-hydrogen) atoms. The van der Waals surface area contributed by atoms with E-state index in [9.17, 15) is 19.5 Å². The molecule has 1 N–H and O–H groups in total. The number of methoxy groups -OCH3 is 1. The number of ether oxygens (including phenoxy) is 4. The summed E-state index contributed by atoms with van der Waals surface area (Å²) in [5.74, 6) is -1.84. The van der Waals surface area contributed by atoms with Crippen molar-refractivity contribution in [2.75, 3.05) is 13.7 Å². The van der Waals surface area contributed by atoms with Crippen molar-refractivity contribution in [2.45, 2.75) is 58.3 Å². The van der Waals surface area contributed by atoms with Gasteiger partial charge in [0.1, 0.15) is 17.1 Å². The minimum atomic E-state index is -1.70. The number of allylic oxidation sites excluding steroid dienone is 1. The summed E-state index contributed by atoms with van der Waals surface area (Å²) >= 11 is 0. The Kier molecular flexibility index (Phi) is 6.74. The molecule has 0 radical (unpaired) electrons. The lowest BCUT2D eigenvalue weighted by molar-refractivity contribution is -0.176.